The number of ether oxygens (including phenoxy) is 1. The SMILES string of the molecule is CCOc1ccc(SCC(=O)N=c2sccn2C)cc1. The first kappa shape index (κ1) is 14.9. The molecular formula is C14H16N2O2S2. The summed E-state index contributed by atoms with van der Waals surface area (Å²) in [6.07, 6.45) is 1.89. The lowest BCUT2D eigenvalue weighted by molar-refractivity contribution is -0.115. The molecule has 1 heterocycles. The summed E-state index contributed by atoms with van der Waals surface area (Å²) < 4.78 is 7.21. The first-order valence-corrected chi connectivity index (χ1v) is 8.09. The number of carbonyl (C=O) groups is 1. The molecule has 0 aliphatic carbocycles. The third kappa shape index (κ3) is 4.25. The van der Waals surface area contributed by atoms with E-state index < -0.39 is 0 Å². The summed E-state index contributed by atoms with van der Waals surface area (Å²) in [5.74, 6) is 1.06. The van der Waals surface area contributed by atoms with Crippen LogP contribution >= 0.6 is 23.1 Å². The van der Waals surface area contributed by atoms with E-state index in [1.54, 1.807) is 0 Å². The first-order valence-electron chi connectivity index (χ1n) is 6.22. The third-order valence-electron chi connectivity index (χ3n) is 2.48. The van der Waals surface area contributed by atoms with Gasteiger partial charge in [-0.2, -0.15) is 4.99 Å². The highest BCUT2D eigenvalue weighted by Crippen LogP contribution is 2.21. The van der Waals surface area contributed by atoms with Gasteiger partial charge in [0.1, 0.15) is 5.75 Å². The van der Waals surface area contributed by atoms with E-state index in [9.17, 15) is 4.79 Å². The maximum absolute atomic E-state index is 11.8. The Bertz CT molecular complexity index is 629. The number of aromatic nitrogens is 1. The highest BCUT2D eigenvalue weighted by atomic mass is 32.2. The molecule has 0 bridgehead atoms. The van der Waals surface area contributed by atoms with Crippen molar-refractivity contribution in [3.8, 4) is 5.75 Å². The van der Waals surface area contributed by atoms with Gasteiger partial charge in [0.2, 0.25) is 0 Å². The smallest absolute Gasteiger partial charge is 0.258 e. The van der Waals surface area contributed by atoms with Crippen LogP contribution in [0.3, 0.4) is 0 Å². The fourth-order valence-electron chi connectivity index (χ4n) is 1.52. The van der Waals surface area contributed by atoms with E-state index in [1.165, 1.54) is 23.1 Å². The molecule has 1 aromatic heterocycles. The van der Waals surface area contributed by atoms with Crippen LogP contribution in [0.1, 0.15) is 6.92 Å². The average Bonchev–Trinajstić information content (AvgIpc) is 2.84. The molecule has 1 amide bonds. The van der Waals surface area contributed by atoms with Crippen LogP contribution in [0.5, 0.6) is 5.75 Å². The van der Waals surface area contributed by atoms with Crippen LogP contribution in [0.15, 0.2) is 45.7 Å². The number of thiazole rings is 1. The van der Waals surface area contributed by atoms with Crippen molar-refractivity contribution in [3.63, 3.8) is 0 Å². The minimum Gasteiger partial charge on any atom is -0.494 e. The maximum atomic E-state index is 11.8. The minimum absolute atomic E-state index is 0.123. The summed E-state index contributed by atoms with van der Waals surface area (Å²) in [6.45, 7) is 2.61. The van der Waals surface area contributed by atoms with Crippen LogP contribution in [-0.4, -0.2) is 22.8 Å². The van der Waals surface area contributed by atoms with E-state index in [1.807, 2.05) is 54.4 Å². The summed E-state index contributed by atoms with van der Waals surface area (Å²) in [5.41, 5.74) is 0. The van der Waals surface area contributed by atoms with E-state index in [4.69, 9.17) is 4.74 Å². The van der Waals surface area contributed by atoms with Crippen molar-refractivity contribution in [2.24, 2.45) is 12.0 Å². The largest absolute Gasteiger partial charge is 0.494 e. The van der Waals surface area contributed by atoms with Crippen LogP contribution in [0.25, 0.3) is 0 Å². The molecule has 6 heteroatoms. The van der Waals surface area contributed by atoms with Crippen molar-refractivity contribution in [3.05, 3.63) is 40.6 Å². The standard InChI is InChI=1S/C14H16N2O2S2/c1-3-18-11-4-6-12(7-5-11)20-10-13(17)15-14-16(2)8-9-19-14/h4-9H,3,10H2,1-2H3. The molecule has 0 fully saturated rings. The van der Waals surface area contributed by atoms with Crippen molar-refractivity contribution < 1.29 is 9.53 Å². The number of amides is 1. The van der Waals surface area contributed by atoms with Gasteiger partial charge in [0, 0.05) is 23.5 Å². The average molecular weight is 308 g/mol. The van der Waals surface area contributed by atoms with Gasteiger partial charge in [-0.25, -0.2) is 0 Å². The summed E-state index contributed by atoms with van der Waals surface area (Å²) in [7, 11) is 1.88. The van der Waals surface area contributed by atoms with Crippen LogP contribution in [0, 0.1) is 0 Å². The molecular weight excluding hydrogens is 292 g/mol. The number of carbonyl (C=O) groups excluding carboxylic acids is 1. The number of thioether (sulfide) groups is 1. The second kappa shape index (κ2) is 7.31. The van der Waals surface area contributed by atoms with Crippen molar-refractivity contribution in [1.82, 2.24) is 4.57 Å². The Labute approximate surface area is 126 Å². The van der Waals surface area contributed by atoms with Gasteiger partial charge in [-0.1, -0.05) is 0 Å². The molecule has 0 aliphatic rings. The molecule has 20 heavy (non-hydrogen) atoms. The molecule has 0 saturated heterocycles. The van der Waals surface area contributed by atoms with E-state index >= 15 is 0 Å². The maximum Gasteiger partial charge on any atom is 0.258 e. The molecule has 0 spiro atoms. The quantitative estimate of drug-likeness (QED) is 0.798. The molecule has 0 N–H and O–H groups in total. The second-order valence-corrected chi connectivity index (χ2v) is 5.92. The third-order valence-corrected chi connectivity index (χ3v) is 4.32. The lowest BCUT2D eigenvalue weighted by Crippen LogP contribution is -2.13. The molecule has 2 rings (SSSR count). The van der Waals surface area contributed by atoms with E-state index in [-0.39, 0.29) is 5.91 Å². The summed E-state index contributed by atoms with van der Waals surface area (Å²) in [4.78, 5) is 17.6. The monoisotopic (exact) mass is 308 g/mol. The Morgan fingerprint density at radius 2 is 2.15 bits per heavy atom. The topological polar surface area (TPSA) is 43.6 Å². The van der Waals surface area contributed by atoms with Gasteiger partial charge in [-0.05, 0) is 31.2 Å². The first-order chi connectivity index (χ1) is 9.69. The van der Waals surface area contributed by atoms with Crippen LogP contribution in [0.2, 0.25) is 0 Å². The molecule has 1 aromatic carbocycles. The number of rotatable bonds is 5. The normalized spacial score (nSPS) is 11.6. The molecule has 0 saturated carbocycles. The van der Waals surface area contributed by atoms with Crippen molar-refractivity contribution >= 4 is 29.0 Å². The molecule has 106 valence electrons. The van der Waals surface area contributed by atoms with E-state index in [0.717, 1.165) is 15.4 Å². The molecule has 2 aromatic rings. The Balaban J connectivity index is 1.92. The number of hydrogen-bond acceptors (Lipinski definition) is 4. The van der Waals surface area contributed by atoms with Crippen LogP contribution in [-0.2, 0) is 11.8 Å². The number of nitrogens with zero attached hydrogens (tertiary/aromatic N) is 2. The fourth-order valence-corrected chi connectivity index (χ4v) is 2.95. The van der Waals surface area contributed by atoms with Crippen molar-refractivity contribution in [1.29, 1.82) is 0 Å². The molecule has 4 nitrogen and oxygen atoms in total. The lowest BCUT2D eigenvalue weighted by Gasteiger charge is -2.03. The Morgan fingerprint density at radius 1 is 1.40 bits per heavy atom. The van der Waals surface area contributed by atoms with Crippen molar-refractivity contribution in [2.75, 3.05) is 12.4 Å². The van der Waals surface area contributed by atoms with Crippen LogP contribution in [0.4, 0.5) is 0 Å². The van der Waals surface area contributed by atoms with Crippen LogP contribution < -0.4 is 9.54 Å². The van der Waals surface area contributed by atoms with E-state index in [0.29, 0.717) is 12.4 Å². The zero-order chi connectivity index (χ0) is 14.4. The van der Waals surface area contributed by atoms with Crippen molar-refractivity contribution in [2.45, 2.75) is 11.8 Å². The van der Waals surface area contributed by atoms with Gasteiger partial charge in [0.15, 0.2) is 4.80 Å². The predicted molar refractivity (Wildman–Crippen MR) is 82.2 cm³/mol. The minimum atomic E-state index is -0.123. The summed E-state index contributed by atoms with van der Waals surface area (Å²) in [6, 6.07) is 7.72. The lowest BCUT2D eigenvalue weighted by atomic mass is 10.3. The van der Waals surface area contributed by atoms with Gasteiger partial charge in [0.25, 0.3) is 5.91 Å². The number of aryl methyl sites for hydroxylation is 1. The second-order valence-electron chi connectivity index (χ2n) is 4.00. The van der Waals surface area contributed by atoms with Gasteiger partial charge in [-0.3, -0.25) is 4.79 Å². The van der Waals surface area contributed by atoms with Gasteiger partial charge >= 0.3 is 0 Å². The van der Waals surface area contributed by atoms with Gasteiger partial charge < -0.3 is 9.30 Å². The summed E-state index contributed by atoms with van der Waals surface area (Å²) >= 11 is 2.94. The van der Waals surface area contributed by atoms with Gasteiger partial charge in [0.05, 0.1) is 12.4 Å². The Hall–Kier alpha value is -1.53. The number of hydrogen-bond donors (Lipinski definition) is 0. The predicted octanol–water partition coefficient (Wildman–Crippen LogP) is 2.70. The molecule has 0 aliphatic heterocycles. The zero-order valence-electron chi connectivity index (χ0n) is 11.4. The fraction of sp³-hybridized carbons (Fsp3) is 0.286. The number of benzene rings is 1. The summed E-state index contributed by atoms with van der Waals surface area (Å²) in [5, 5.41) is 1.91. The van der Waals surface area contributed by atoms with Gasteiger partial charge in [-0.15, -0.1) is 23.1 Å². The molecule has 0 radical (unpaired) electrons. The Morgan fingerprint density at radius 3 is 2.75 bits per heavy atom. The molecule has 0 atom stereocenters. The van der Waals surface area contributed by atoms with E-state index in [2.05, 4.69) is 4.99 Å². The Kier molecular flexibility index (Phi) is 5.43. The highest BCUT2D eigenvalue weighted by Gasteiger charge is 2.02. The molecule has 0 unspecified atom stereocenters. The zero-order valence-corrected chi connectivity index (χ0v) is 13.0. The highest BCUT2D eigenvalue weighted by molar-refractivity contribution is 8.00.